The quantitative estimate of drug-likeness (QED) is 0.894. The highest BCUT2D eigenvalue weighted by Crippen LogP contribution is 2.22. The summed E-state index contributed by atoms with van der Waals surface area (Å²) in [6, 6.07) is 1.83. The second-order valence-corrected chi connectivity index (χ2v) is 6.44. The van der Waals surface area contributed by atoms with Gasteiger partial charge in [-0.15, -0.1) is 0 Å². The smallest absolute Gasteiger partial charge is 0.271 e. The fourth-order valence-electron chi connectivity index (χ4n) is 1.70. The second kappa shape index (κ2) is 5.43. The van der Waals surface area contributed by atoms with Gasteiger partial charge in [0, 0.05) is 23.6 Å². The van der Waals surface area contributed by atoms with Crippen LogP contribution in [0, 0.1) is 0 Å². The van der Waals surface area contributed by atoms with Crippen LogP contribution in [0.25, 0.3) is 0 Å². The Labute approximate surface area is 114 Å². The fraction of sp³-hybridized carbons (Fsp3) is 0.714. The largest absolute Gasteiger partial charge is 0.383 e. The molecule has 0 saturated heterocycles. The number of hydrogen-bond acceptors (Lipinski definition) is 4. The summed E-state index contributed by atoms with van der Waals surface area (Å²) in [6.45, 7) is 10.7. The molecule has 1 heterocycles. The Morgan fingerprint density at radius 2 is 1.89 bits per heavy atom. The van der Waals surface area contributed by atoms with Gasteiger partial charge in [-0.2, -0.15) is 5.10 Å². The predicted molar refractivity (Wildman–Crippen MR) is 76.3 cm³/mol. The van der Waals surface area contributed by atoms with Gasteiger partial charge in [0.05, 0.1) is 18.8 Å². The Bertz CT molecular complexity index is 493. The average Bonchev–Trinajstić information content (AvgIpc) is 2.24. The summed E-state index contributed by atoms with van der Waals surface area (Å²) in [5.74, 6) is 0. The van der Waals surface area contributed by atoms with Gasteiger partial charge in [0.25, 0.3) is 5.56 Å². The molecule has 19 heavy (non-hydrogen) atoms. The van der Waals surface area contributed by atoms with Crippen LogP contribution in [-0.4, -0.2) is 23.5 Å². The summed E-state index contributed by atoms with van der Waals surface area (Å²) in [7, 11) is 1.60. The van der Waals surface area contributed by atoms with E-state index in [2.05, 4.69) is 25.9 Å². The molecule has 108 valence electrons. The minimum Gasteiger partial charge on any atom is -0.383 e. The molecule has 0 amide bonds. The predicted octanol–water partition coefficient (Wildman–Crippen LogP) is 1.38. The lowest BCUT2D eigenvalue weighted by atomic mass is 9.88. The Hall–Kier alpha value is -1.20. The number of nitrogens with two attached hydrogens (primary N) is 1. The van der Waals surface area contributed by atoms with Crippen molar-refractivity contribution in [3.63, 3.8) is 0 Å². The van der Waals surface area contributed by atoms with Crippen LogP contribution in [0.15, 0.2) is 10.9 Å². The SMILES string of the molecule is COCCn1nc(C(C)(C)C)cc(C(C)(C)N)c1=O. The highest BCUT2D eigenvalue weighted by molar-refractivity contribution is 5.24. The number of hydrogen-bond donors (Lipinski definition) is 1. The van der Waals surface area contributed by atoms with E-state index in [9.17, 15) is 4.79 Å². The Kier molecular flexibility index (Phi) is 4.53. The van der Waals surface area contributed by atoms with Crippen LogP contribution in [0.5, 0.6) is 0 Å². The van der Waals surface area contributed by atoms with Crippen LogP contribution in [0.1, 0.15) is 45.9 Å². The zero-order valence-corrected chi connectivity index (χ0v) is 12.8. The lowest BCUT2D eigenvalue weighted by molar-refractivity contribution is 0.180. The van der Waals surface area contributed by atoms with Crippen molar-refractivity contribution < 1.29 is 4.74 Å². The highest BCUT2D eigenvalue weighted by Gasteiger charge is 2.25. The van der Waals surface area contributed by atoms with Gasteiger partial charge in [0.15, 0.2) is 0 Å². The first-order chi connectivity index (χ1) is 8.57. The van der Waals surface area contributed by atoms with Crippen LogP contribution in [-0.2, 0) is 22.2 Å². The van der Waals surface area contributed by atoms with E-state index in [1.807, 2.05) is 19.9 Å². The summed E-state index contributed by atoms with van der Waals surface area (Å²) in [5, 5.41) is 4.42. The van der Waals surface area contributed by atoms with Crippen molar-refractivity contribution >= 4 is 0 Å². The topological polar surface area (TPSA) is 70.1 Å². The summed E-state index contributed by atoms with van der Waals surface area (Å²) < 4.78 is 6.47. The number of aromatic nitrogens is 2. The van der Waals surface area contributed by atoms with Crippen molar-refractivity contribution in [2.24, 2.45) is 5.73 Å². The van der Waals surface area contributed by atoms with E-state index in [0.717, 1.165) is 5.69 Å². The van der Waals surface area contributed by atoms with Crippen molar-refractivity contribution in [2.75, 3.05) is 13.7 Å². The van der Waals surface area contributed by atoms with Crippen molar-refractivity contribution in [1.29, 1.82) is 0 Å². The molecule has 0 unspecified atom stereocenters. The van der Waals surface area contributed by atoms with Gasteiger partial charge in [0.1, 0.15) is 0 Å². The van der Waals surface area contributed by atoms with E-state index in [-0.39, 0.29) is 11.0 Å². The van der Waals surface area contributed by atoms with Crippen LogP contribution in [0.4, 0.5) is 0 Å². The molecule has 0 aliphatic rings. The molecule has 0 atom stereocenters. The zero-order valence-electron chi connectivity index (χ0n) is 12.8. The molecule has 0 aromatic carbocycles. The van der Waals surface area contributed by atoms with Crippen LogP contribution in [0.2, 0.25) is 0 Å². The standard InChI is InChI=1S/C14H25N3O2/c1-13(2,3)11-9-10(14(4,5)15)12(18)17(16-11)7-8-19-6/h9H,7-8,15H2,1-6H3. The van der Waals surface area contributed by atoms with Crippen molar-refractivity contribution in [1.82, 2.24) is 9.78 Å². The van der Waals surface area contributed by atoms with Gasteiger partial charge >= 0.3 is 0 Å². The molecule has 1 aromatic heterocycles. The number of nitrogens with zero attached hydrogens (tertiary/aromatic N) is 2. The van der Waals surface area contributed by atoms with Crippen LogP contribution in [0.3, 0.4) is 0 Å². The third-order valence-corrected chi connectivity index (χ3v) is 2.94. The molecule has 0 aliphatic carbocycles. The molecule has 0 spiro atoms. The third kappa shape index (κ3) is 3.88. The van der Waals surface area contributed by atoms with Crippen molar-refractivity contribution in [3.8, 4) is 0 Å². The van der Waals surface area contributed by atoms with E-state index >= 15 is 0 Å². The average molecular weight is 267 g/mol. The van der Waals surface area contributed by atoms with Gasteiger partial charge in [-0.3, -0.25) is 4.79 Å². The first kappa shape index (κ1) is 15.9. The third-order valence-electron chi connectivity index (χ3n) is 2.94. The molecule has 5 nitrogen and oxygen atoms in total. The van der Waals surface area contributed by atoms with E-state index in [4.69, 9.17) is 10.5 Å². The van der Waals surface area contributed by atoms with E-state index < -0.39 is 5.54 Å². The molecular weight excluding hydrogens is 242 g/mol. The lowest BCUT2D eigenvalue weighted by Crippen LogP contribution is -2.40. The Morgan fingerprint density at radius 3 is 2.32 bits per heavy atom. The summed E-state index contributed by atoms with van der Waals surface area (Å²) in [5.41, 5.74) is 6.58. The summed E-state index contributed by atoms with van der Waals surface area (Å²) in [4.78, 5) is 12.4. The zero-order chi connectivity index (χ0) is 14.8. The van der Waals surface area contributed by atoms with Gasteiger partial charge in [-0.25, -0.2) is 4.68 Å². The molecular formula is C14H25N3O2. The molecule has 1 rings (SSSR count). The number of rotatable bonds is 4. The van der Waals surface area contributed by atoms with Gasteiger partial charge in [0.2, 0.25) is 0 Å². The number of methoxy groups -OCH3 is 1. The molecule has 0 bridgehead atoms. The van der Waals surface area contributed by atoms with E-state index in [0.29, 0.717) is 18.7 Å². The summed E-state index contributed by atoms with van der Waals surface area (Å²) >= 11 is 0. The summed E-state index contributed by atoms with van der Waals surface area (Å²) in [6.07, 6.45) is 0. The monoisotopic (exact) mass is 267 g/mol. The molecule has 1 aromatic rings. The van der Waals surface area contributed by atoms with E-state index in [1.54, 1.807) is 7.11 Å². The minimum atomic E-state index is -0.686. The fourth-order valence-corrected chi connectivity index (χ4v) is 1.70. The maximum absolute atomic E-state index is 12.4. The molecule has 0 radical (unpaired) electrons. The molecule has 2 N–H and O–H groups in total. The first-order valence-corrected chi connectivity index (χ1v) is 6.48. The molecule has 0 aliphatic heterocycles. The Balaban J connectivity index is 3.44. The van der Waals surface area contributed by atoms with Gasteiger partial charge < -0.3 is 10.5 Å². The first-order valence-electron chi connectivity index (χ1n) is 6.48. The van der Waals surface area contributed by atoms with Crippen LogP contribution < -0.4 is 11.3 Å². The number of ether oxygens (including phenoxy) is 1. The normalized spacial score (nSPS) is 12.8. The van der Waals surface area contributed by atoms with Crippen molar-refractivity contribution in [2.45, 2.75) is 52.1 Å². The molecule has 0 saturated carbocycles. The maximum atomic E-state index is 12.4. The van der Waals surface area contributed by atoms with E-state index in [1.165, 1.54) is 4.68 Å². The second-order valence-electron chi connectivity index (χ2n) is 6.44. The van der Waals surface area contributed by atoms with Gasteiger partial charge in [-0.1, -0.05) is 20.8 Å². The minimum absolute atomic E-state index is 0.136. The maximum Gasteiger partial charge on any atom is 0.271 e. The highest BCUT2D eigenvalue weighted by atomic mass is 16.5. The molecule has 0 fully saturated rings. The Morgan fingerprint density at radius 1 is 1.32 bits per heavy atom. The molecule has 5 heteroatoms. The van der Waals surface area contributed by atoms with Crippen LogP contribution >= 0.6 is 0 Å². The van der Waals surface area contributed by atoms with Gasteiger partial charge in [-0.05, 0) is 19.9 Å². The lowest BCUT2D eigenvalue weighted by Gasteiger charge is -2.24. The van der Waals surface area contributed by atoms with Crippen molar-refractivity contribution in [3.05, 3.63) is 27.7 Å².